The summed E-state index contributed by atoms with van der Waals surface area (Å²) in [4.78, 5) is 14.2. The van der Waals surface area contributed by atoms with Crippen LogP contribution in [0.1, 0.15) is 79.7 Å². The minimum Gasteiger partial charge on any atom is -0.496 e. The Labute approximate surface area is 192 Å². The number of methoxy groups -OCH3 is 1. The normalized spacial score (nSPS) is 19.0. The lowest BCUT2D eigenvalue weighted by atomic mass is 9.85. The molecule has 0 aromatic heterocycles. The summed E-state index contributed by atoms with van der Waals surface area (Å²) in [6, 6.07) is 13.5. The van der Waals surface area contributed by atoms with Crippen molar-refractivity contribution in [2.75, 3.05) is 20.2 Å². The fourth-order valence-corrected chi connectivity index (χ4v) is 5.32. The average Bonchev–Trinajstić information content (AvgIpc) is 3.17. The molecule has 0 N–H and O–H groups in total. The van der Waals surface area contributed by atoms with Crippen LogP contribution in [-0.4, -0.2) is 36.8 Å². The minimum absolute atomic E-state index is 0.185. The van der Waals surface area contributed by atoms with Crippen LogP contribution in [0.2, 0.25) is 0 Å². The van der Waals surface area contributed by atoms with Crippen molar-refractivity contribution in [3.8, 4) is 5.75 Å². The van der Waals surface area contributed by atoms with Crippen LogP contribution in [0.4, 0.5) is 4.79 Å². The molecule has 32 heavy (non-hydrogen) atoms. The Hall–Kier alpha value is -2.49. The molecule has 1 unspecified atom stereocenters. The third-order valence-corrected chi connectivity index (χ3v) is 7.00. The standard InChI is InChI=1S/C28H37NO3/c1-19-17-23(20-13-15-29(16-14-20)27(30)32-28(2,3)4)11-10-22(19)18-24-12-9-21-7-6-8-25(31-5)26(21)24/h6-8,10-11,17,20,24H,9,12-16,18H2,1-5H3. The van der Waals surface area contributed by atoms with Gasteiger partial charge in [0.2, 0.25) is 0 Å². The van der Waals surface area contributed by atoms with Crippen LogP contribution in [0, 0.1) is 6.92 Å². The molecule has 1 amide bonds. The third-order valence-electron chi connectivity index (χ3n) is 7.00. The molecular weight excluding hydrogens is 398 g/mol. The molecule has 0 radical (unpaired) electrons. The third kappa shape index (κ3) is 4.95. The van der Waals surface area contributed by atoms with E-state index >= 15 is 0 Å². The zero-order chi connectivity index (χ0) is 22.9. The summed E-state index contributed by atoms with van der Waals surface area (Å²) >= 11 is 0. The Kier molecular flexibility index (Phi) is 6.50. The number of likely N-dealkylation sites (tertiary alicyclic amines) is 1. The van der Waals surface area contributed by atoms with Crippen LogP contribution in [0.25, 0.3) is 0 Å². The highest BCUT2D eigenvalue weighted by Gasteiger charge is 2.29. The molecule has 1 aliphatic heterocycles. The van der Waals surface area contributed by atoms with E-state index in [1.165, 1.54) is 34.2 Å². The van der Waals surface area contributed by atoms with Crippen molar-refractivity contribution in [2.24, 2.45) is 0 Å². The Morgan fingerprint density at radius 2 is 1.84 bits per heavy atom. The molecule has 2 aromatic rings. The average molecular weight is 436 g/mol. The second-order valence-corrected chi connectivity index (χ2v) is 10.4. The van der Waals surface area contributed by atoms with Gasteiger partial charge in [-0.05, 0) is 100.0 Å². The van der Waals surface area contributed by atoms with Crippen molar-refractivity contribution >= 4 is 6.09 Å². The zero-order valence-electron chi connectivity index (χ0n) is 20.2. The number of hydrogen-bond acceptors (Lipinski definition) is 3. The van der Waals surface area contributed by atoms with Crippen LogP contribution in [0.3, 0.4) is 0 Å². The fourth-order valence-electron chi connectivity index (χ4n) is 5.32. The molecule has 1 heterocycles. The summed E-state index contributed by atoms with van der Waals surface area (Å²) < 4.78 is 11.2. The van der Waals surface area contributed by atoms with E-state index in [0.717, 1.165) is 44.5 Å². The van der Waals surface area contributed by atoms with Crippen molar-refractivity contribution in [3.63, 3.8) is 0 Å². The molecule has 4 nitrogen and oxygen atoms in total. The molecule has 0 spiro atoms. The van der Waals surface area contributed by atoms with Gasteiger partial charge in [-0.25, -0.2) is 4.79 Å². The second kappa shape index (κ2) is 9.17. The topological polar surface area (TPSA) is 38.8 Å². The summed E-state index contributed by atoms with van der Waals surface area (Å²) in [7, 11) is 1.78. The molecule has 1 fully saturated rings. The van der Waals surface area contributed by atoms with E-state index < -0.39 is 5.60 Å². The Morgan fingerprint density at radius 1 is 1.09 bits per heavy atom. The molecule has 2 aromatic carbocycles. The summed E-state index contributed by atoms with van der Waals surface area (Å²) in [5.41, 5.74) is 6.63. The van der Waals surface area contributed by atoms with E-state index in [4.69, 9.17) is 9.47 Å². The first-order valence-corrected chi connectivity index (χ1v) is 12.0. The van der Waals surface area contributed by atoms with Gasteiger partial charge in [0.15, 0.2) is 0 Å². The first-order valence-electron chi connectivity index (χ1n) is 12.0. The monoisotopic (exact) mass is 435 g/mol. The number of rotatable bonds is 4. The van der Waals surface area contributed by atoms with Crippen molar-refractivity contribution in [1.82, 2.24) is 4.90 Å². The van der Waals surface area contributed by atoms with E-state index in [1.807, 2.05) is 25.7 Å². The number of fused-ring (bicyclic) bond motifs is 1. The first kappa shape index (κ1) is 22.7. The summed E-state index contributed by atoms with van der Waals surface area (Å²) in [6.45, 7) is 9.53. The molecule has 2 aliphatic rings. The van der Waals surface area contributed by atoms with Gasteiger partial charge >= 0.3 is 6.09 Å². The molecule has 172 valence electrons. The van der Waals surface area contributed by atoms with E-state index in [-0.39, 0.29) is 6.09 Å². The van der Waals surface area contributed by atoms with Crippen LogP contribution in [-0.2, 0) is 17.6 Å². The van der Waals surface area contributed by atoms with E-state index in [0.29, 0.717) is 11.8 Å². The van der Waals surface area contributed by atoms with Crippen LogP contribution in [0.15, 0.2) is 36.4 Å². The predicted octanol–water partition coefficient (Wildman–Crippen LogP) is 6.39. The Balaban J connectivity index is 1.40. The van der Waals surface area contributed by atoms with Gasteiger partial charge in [-0.2, -0.15) is 0 Å². The predicted molar refractivity (Wildman–Crippen MR) is 129 cm³/mol. The number of hydrogen-bond donors (Lipinski definition) is 0. The smallest absolute Gasteiger partial charge is 0.410 e. The Morgan fingerprint density at radius 3 is 2.50 bits per heavy atom. The van der Waals surface area contributed by atoms with Gasteiger partial charge in [0, 0.05) is 18.7 Å². The van der Waals surface area contributed by atoms with Gasteiger partial charge < -0.3 is 14.4 Å². The molecular formula is C28H37NO3. The van der Waals surface area contributed by atoms with Crippen molar-refractivity contribution < 1.29 is 14.3 Å². The quantitative estimate of drug-likeness (QED) is 0.558. The number of aryl methyl sites for hydroxylation is 2. The van der Waals surface area contributed by atoms with Gasteiger partial charge in [0.05, 0.1) is 7.11 Å². The number of carbonyl (C=O) groups excluding carboxylic acids is 1. The van der Waals surface area contributed by atoms with Crippen molar-refractivity contribution in [3.05, 3.63) is 64.2 Å². The van der Waals surface area contributed by atoms with Gasteiger partial charge in [-0.3, -0.25) is 0 Å². The molecule has 1 aliphatic carbocycles. The molecule has 0 bridgehead atoms. The molecule has 4 heteroatoms. The maximum absolute atomic E-state index is 12.3. The number of piperidine rings is 1. The van der Waals surface area contributed by atoms with E-state index in [2.05, 4.69) is 43.3 Å². The van der Waals surface area contributed by atoms with Crippen molar-refractivity contribution in [2.45, 2.75) is 77.2 Å². The first-order chi connectivity index (χ1) is 15.2. The summed E-state index contributed by atoms with van der Waals surface area (Å²) in [6.07, 6.45) is 5.20. The lowest BCUT2D eigenvalue weighted by Crippen LogP contribution is -2.41. The van der Waals surface area contributed by atoms with Crippen LogP contribution < -0.4 is 4.74 Å². The number of carbonyl (C=O) groups is 1. The summed E-state index contributed by atoms with van der Waals surface area (Å²) in [5.74, 6) is 2.08. The van der Waals surface area contributed by atoms with Gasteiger partial charge in [-0.1, -0.05) is 30.3 Å². The maximum atomic E-state index is 12.3. The van der Waals surface area contributed by atoms with Crippen LogP contribution in [0.5, 0.6) is 5.75 Å². The largest absolute Gasteiger partial charge is 0.496 e. The number of amides is 1. The molecule has 4 rings (SSSR count). The molecule has 1 saturated heterocycles. The van der Waals surface area contributed by atoms with E-state index in [9.17, 15) is 4.79 Å². The van der Waals surface area contributed by atoms with Crippen LogP contribution >= 0.6 is 0 Å². The van der Waals surface area contributed by atoms with Gasteiger partial charge in [-0.15, -0.1) is 0 Å². The fraction of sp³-hybridized carbons (Fsp3) is 0.536. The molecule has 1 atom stereocenters. The SMILES string of the molecule is COc1cccc2c1C(Cc1ccc(C3CCN(C(=O)OC(C)(C)C)CC3)cc1C)CC2. The highest BCUT2D eigenvalue weighted by Crippen LogP contribution is 2.42. The lowest BCUT2D eigenvalue weighted by Gasteiger charge is -2.33. The maximum Gasteiger partial charge on any atom is 0.410 e. The Bertz CT molecular complexity index is 967. The zero-order valence-corrected chi connectivity index (χ0v) is 20.2. The number of benzene rings is 2. The molecule has 0 saturated carbocycles. The van der Waals surface area contributed by atoms with Gasteiger partial charge in [0.1, 0.15) is 11.4 Å². The summed E-state index contributed by atoms with van der Waals surface area (Å²) in [5, 5.41) is 0. The van der Waals surface area contributed by atoms with E-state index in [1.54, 1.807) is 7.11 Å². The number of nitrogens with zero attached hydrogens (tertiary/aromatic N) is 1. The minimum atomic E-state index is -0.440. The number of ether oxygens (including phenoxy) is 2. The second-order valence-electron chi connectivity index (χ2n) is 10.4. The van der Waals surface area contributed by atoms with Crippen molar-refractivity contribution in [1.29, 1.82) is 0 Å². The highest BCUT2D eigenvalue weighted by molar-refractivity contribution is 5.68. The van der Waals surface area contributed by atoms with Gasteiger partial charge in [0.25, 0.3) is 0 Å². The lowest BCUT2D eigenvalue weighted by molar-refractivity contribution is 0.0205. The highest BCUT2D eigenvalue weighted by atomic mass is 16.6.